The van der Waals surface area contributed by atoms with Gasteiger partial charge >= 0.3 is 0 Å². The Kier molecular flexibility index (Phi) is 10.6. The van der Waals surface area contributed by atoms with Gasteiger partial charge in [0.25, 0.3) is 5.91 Å². The van der Waals surface area contributed by atoms with Crippen LogP contribution in [0.1, 0.15) is 18.9 Å². The van der Waals surface area contributed by atoms with E-state index in [2.05, 4.69) is 20.6 Å². The number of ether oxygens (including phenoxy) is 1. The average Bonchev–Trinajstić information content (AvgIpc) is 3.24. The third-order valence-corrected chi connectivity index (χ3v) is 5.09. The van der Waals surface area contributed by atoms with Crippen molar-refractivity contribution >= 4 is 41.7 Å². The lowest BCUT2D eigenvalue weighted by atomic mass is 10.2. The molecular formula is C23H32FIN6O2. The van der Waals surface area contributed by atoms with E-state index in [0.29, 0.717) is 30.6 Å². The average molecular weight is 570 g/mol. The van der Waals surface area contributed by atoms with Gasteiger partial charge in [-0.25, -0.2) is 14.4 Å². The number of hydrogen-bond acceptors (Lipinski definition) is 5. The van der Waals surface area contributed by atoms with E-state index in [1.165, 1.54) is 11.0 Å². The first-order valence-electron chi connectivity index (χ1n) is 10.8. The van der Waals surface area contributed by atoms with Crippen molar-refractivity contribution < 1.29 is 13.9 Å². The number of guanidine groups is 1. The molecule has 2 N–H and O–H groups in total. The normalized spacial score (nSPS) is 15.6. The molecule has 0 radical (unpaired) electrons. The monoisotopic (exact) mass is 570 g/mol. The number of hydrogen-bond donors (Lipinski definition) is 2. The molecule has 0 bridgehead atoms. The molecule has 0 saturated carbocycles. The summed E-state index contributed by atoms with van der Waals surface area (Å²) in [4.78, 5) is 24.0. The van der Waals surface area contributed by atoms with Crippen molar-refractivity contribution in [3.8, 4) is 5.75 Å². The molecule has 1 fully saturated rings. The molecule has 8 nitrogen and oxygen atoms in total. The van der Waals surface area contributed by atoms with Crippen molar-refractivity contribution in [2.75, 3.05) is 45.2 Å². The zero-order valence-corrected chi connectivity index (χ0v) is 21.6. The van der Waals surface area contributed by atoms with E-state index < -0.39 is 0 Å². The van der Waals surface area contributed by atoms with Gasteiger partial charge in [-0.15, -0.1) is 24.0 Å². The minimum Gasteiger partial charge on any atom is -0.484 e. The number of rotatable bonds is 8. The Hall–Kier alpha value is -2.63. The highest BCUT2D eigenvalue weighted by Gasteiger charge is 2.25. The highest BCUT2D eigenvalue weighted by molar-refractivity contribution is 14.0. The molecule has 1 aliphatic rings. The standard InChI is InChI=1S/C23H31FN6O2.HI/c1-4-25-23(28-18-10-12-30(15-18)22-20(24)9-6-11-26-22)27-14-17-7-5-8-19(13-17)32-16-21(31)29(2)3;/h5-9,11,13,18H,4,10,12,14-16H2,1-3H3,(H2,25,27,28);1H. The van der Waals surface area contributed by atoms with Gasteiger partial charge in [-0.1, -0.05) is 12.1 Å². The molecular weight excluding hydrogens is 538 g/mol. The van der Waals surface area contributed by atoms with Crippen molar-refractivity contribution in [1.82, 2.24) is 20.5 Å². The third kappa shape index (κ3) is 8.02. The molecule has 1 atom stereocenters. The number of aliphatic imine (C=N–C) groups is 1. The lowest BCUT2D eigenvalue weighted by molar-refractivity contribution is -0.130. The number of benzene rings is 1. The fourth-order valence-electron chi connectivity index (χ4n) is 3.37. The Morgan fingerprint density at radius 3 is 2.88 bits per heavy atom. The SMILES string of the molecule is CCNC(=NCc1cccc(OCC(=O)N(C)C)c1)NC1CCN(c2ncccc2F)C1.I. The number of nitrogens with one attached hydrogen (secondary N) is 2. The first-order chi connectivity index (χ1) is 15.5. The number of nitrogens with zero attached hydrogens (tertiary/aromatic N) is 4. The Labute approximate surface area is 211 Å². The van der Waals surface area contributed by atoms with Crippen molar-refractivity contribution in [1.29, 1.82) is 0 Å². The Bertz CT molecular complexity index is 943. The first-order valence-corrected chi connectivity index (χ1v) is 10.8. The number of likely N-dealkylation sites (N-methyl/N-ethyl adjacent to an activating group) is 1. The van der Waals surface area contributed by atoms with Gasteiger partial charge in [0.05, 0.1) is 6.54 Å². The topological polar surface area (TPSA) is 82.1 Å². The van der Waals surface area contributed by atoms with Crippen LogP contribution >= 0.6 is 24.0 Å². The van der Waals surface area contributed by atoms with Crippen molar-refractivity contribution in [2.45, 2.75) is 25.9 Å². The zero-order chi connectivity index (χ0) is 22.9. The number of halogens is 2. The lowest BCUT2D eigenvalue weighted by Crippen LogP contribution is -2.44. The van der Waals surface area contributed by atoms with Crippen LogP contribution in [0.4, 0.5) is 10.2 Å². The third-order valence-electron chi connectivity index (χ3n) is 5.09. The van der Waals surface area contributed by atoms with E-state index in [-0.39, 0.29) is 48.3 Å². The zero-order valence-electron chi connectivity index (χ0n) is 19.3. The molecule has 1 amide bonds. The van der Waals surface area contributed by atoms with Crippen LogP contribution in [0, 0.1) is 5.82 Å². The summed E-state index contributed by atoms with van der Waals surface area (Å²) in [5.41, 5.74) is 0.973. The summed E-state index contributed by atoms with van der Waals surface area (Å²) in [6.45, 7) is 4.58. The Balaban J connectivity index is 0.00000385. The molecule has 1 aromatic heterocycles. The number of amides is 1. The van der Waals surface area contributed by atoms with Gasteiger partial charge in [-0.2, -0.15) is 0 Å². The van der Waals surface area contributed by atoms with E-state index in [0.717, 1.165) is 25.1 Å². The van der Waals surface area contributed by atoms with Crippen LogP contribution < -0.4 is 20.3 Å². The van der Waals surface area contributed by atoms with Gasteiger partial charge in [0.1, 0.15) is 5.75 Å². The molecule has 2 heterocycles. The minimum absolute atomic E-state index is 0. The van der Waals surface area contributed by atoms with E-state index >= 15 is 0 Å². The Morgan fingerprint density at radius 1 is 1.33 bits per heavy atom. The molecule has 1 unspecified atom stereocenters. The maximum atomic E-state index is 14.0. The fraction of sp³-hybridized carbons (Fsp3) is 0.435. The van der Waals surface area contributed by atoms with Crippen molar-refractivity contribution in [3.05, 3.63) is 54.0 Å². The Morgan fingerprint density at radius 2 is 2.15 bits per heavy atom. The molecule has 3 rings (SSSR count). The highest BCUT2D eigenvalue weighted by Crippen LogP contribution is 2.21. The maximum Gasteiger partial charge on any atom is 0.259 e. The largest absolute Gasteiger partial charge is 0.484 e. The molecule has 0 spiro atoms. The molecule has 180 valence electrons. The fourth-order valence-corrected chi connectivity index (χ4v) is 3.37. The second-order valence-corrected chi connectivity index (χ2v) is 7.80. The van der Waals surface area contributed by atoms with Crippen LogP contribution in [0.25, 0.3) is 0 Å². The van der Waals surface area contributed by atoms with Gasteiger partial charge < -0.3 is 25.2 Å². The second-order valence-electron chi connectivity index (χ2n) is 7.80. The molecule has 1 aromatic carbocycles. The van der Waals surface area contributed by atoms with E-state index in [1.807, 2.05) is 36.1 Å². The first kappa shape index (κ1) is 26.6. The van der Waals surface area contributed by atoms with Gasteiger partial charge in [-0.05, 0) is 43.2 Å². The number of aromatic nitrogens is 1. The number of carbonyl (C=O) groups excluding carboxylic acids is 1. The van der Waals surface area contributed by atoms with Crippen LogP contribution in [0.3, 0.4) is 0 Å². The predicted molar refractivity (Wildman–Crippen MR) is 139 cm³/mol. The summed E-state index contributed by atoms with van der Waals surface area (Å²) in [7, 11) is 3.39. The van der Waals surface area contributed by atoms with E-state index in [9.17, 15) is 9.18 Å². The molecule has 1 aliphatic heterocycles. The van der Waals surface area contributed by atoms with Crippen LogP contribution in [0.15, 0.2) is 47.6 Å². The summed E-state index contributed by atoms with van der Waals surface area (Å²) in [5.74, 6) is 1.33. The predicted octanol–water partition coefficient (Wildman–Crippen LogP) is 2.64. The molecule has 0 aliphatic carbocycles. The smallest absolute Gasteiger partial charge is 0.259 e. The molecule has 33 heavy (non-hydrogen) atoms. The van der Waals surface area contributed by atoms with Crippen LogP contribution in [0.5, 0.6) is 5.75 Å². The van der Waals surface area contributed by atoms with E-state index in [4.69, 9.17) is 4.74 Å². The minimum atomic E-state index is -0.303. The quantitative estimate of drug-likeness (QED) is 0.289. The van der Waals surface area contributed by atoms with Gasteiger partial charge in [0.2, 0.25) is 0 Å². The van der Waals surface area contributed by atoms with Gasteiger partial charge in [0, 0.05) is 46.0 Å². The van der Waals surface area contributed by atoms with Crippen molar-refractivity contribution in [3.63, 3.8) is 0 Å². The maximum absolute atomic E-state index is 14.0. The summed E-state index contributed by atoms with van der Waals surface area (Å²) in [5, 5.41) is 6.70. The van der Waals surface area contributed by atoms with E-state index in [1.54, 1.807) is 26.4 Å². The number of pyridine rings is 1. The van der Waals surface area contributed by atoms with Crippen LogP contribution in [-0.2, 0) is 11.3 Å². The summed E-state index contributed by atoms with van der Waals surface area (Å²) < 4.78 is 19.6. The van der Waals surface area contributed by atoms with Crippen LogP contribution in [-0.4, -0.2) is 68.1 Å². The lowest BCUT2D eigenvalue weighted by Gasteiger charge is -2.20. The highest BCUT2D eigenvalue weighted by atomic mass is 127. The second kappa shape index (κ2) is 13.2. The number of carbonyl (C=O) groups is 1. The van der Waals surface area contributed by atoms with Crippen molar-refractivity contribution in [2.24, 2.45) is 4.99 Å². The molecule has 10 heteroatoms. The summed E-state index contributed by atoms with van der Waals surface area (Å²) in [6, 6.07) is 10.7. The summed E-state index contributed by atoms with van der Waals surface area (Å²) >= 11 is 0. The number of anilines is 1. The van der Waals surface area contributed by atoms with Gasteiger partial charge in [-0.3, -0.25) is 4.79 Å². The molecule has 1 saturated heterocycles. The van der Waals surface area contributed by atoms with Gasteiger partial charge in [0.15, 0.2) is 24.2 Å². The van der Waals surface area contributed by atoms with Crippen LogP contribution in [0.2, 0.25) is 0 Å². The molecule has 2 aromatic rings. The summed E-state index contributed by atoms with van der Waals surface area (Å²) in [6.07, 6.45) is 2.47.